The first-order chi connectivity index (χ1) is 17.3. The van der Waals surface area contributed by atoms with Crippen LogP contribution in [-0.2, 0) is 0 Å². The molecule has 0 saturated heterocycles. The molecule has 1 N–H and O–H groups in total. The number of allylic oxidation sites excluding steroid dienone is 1. The minimum Gasteiger partial charge on any atom is -0.353 e. The second kappa shape index (κ2) is 7.69. The molecule has 0 aliphatic carbocycles. The van der Waals surface area contributed by atoms with E-state index >= 15 is 0 Å². The van der Waals surface area contributed by atoms with Gasteiger partial charge in [-0.05, 0) is 29.5 Å². The highest BCUT2D eigenvalue weighted by molar-refractivity contribution is 7.26. The van der Waals surface area contributed by atoms with Gasteiger partial charge < -0.3 is 4.98 Å². The number of para-hydroxylation sites is 1. The number of thiophene rings is 1. The molecule has 0 bridgehead atoms. The molecule has 5 aromatic carbocycles. The highest BCUT2D eigenvalue weighted by Gasteiger charge is 2.19. The molecule has 0 radical (unpaired) electrons. The average Bonchev–Trinajstić information content (AvgIpc) is 3.48. The second-order valence-corrected chi connectivity index (χ2v) is 10.0. The molecule has 0 aliphatic rings. The Morgan fingerprint density at radius 3 is 2.14 bits per heavy atom. The van der Waals surface area contributed by atoms with E-state index in [0.29, 0.717) is 0 Å². The van der Waals surface area contributed by atoms with Gasteiger partial charge in [-0.15, -0.1) is 11.3 Å². The fourth-order valence-electron chi connectivity index (χ4n) is 5.66. The van der Waals surface area contributed by atoms with Crippen LogP contribution in [0.3, 0.4) is 0 Å². The van der Waals surface area contributed by atoms with E-state index < -0.39 is 0 Å². The summed E-state index contributed by atoms with van der Waals surface area (Å²) in [5.74, 6) is 0. The summed E-state index contributed by atoms with van der Waals surface area (Å²) < 4.78 is 2.66. The summed E-state index contributed by atoms with van der Waals surface area (Å²) in [6.07, 6.45) is 6.33. The van der Waals surface area contributed by atoms with Crippen LogP contribution in [0.4, 0.5) is 0 Å². The molecular weight excluding hydrogens is 442 g/mol. The molecule has 0 amide bonds. The molecule has 2 heteroatoms. The number of hydrogen-bond donors (Lipinski definition) is 1. The SMILES string of the molecule is C=Cc1c(/C=C\C)c2ccccc2c2[nH]c3c(-c4cccc5c4sc4ccccc45)cccc3c12. The number of H-pyrrole nitrogens is 1. The number of benzene rings is 5. The Kier molecular flexibility index (Phi) is 4.45. The van der Waals surface area contributed by atoms with Crippen LogP contribution in [0.5, 0.6) is 0 Å². The molecule has 0 atom stereocenters. The van der Waals surface area contributed by atoms with Gasteiger partial charge in [-0.3, -0.25) is 0 Å². The van der Waals surface area contributed by atoms with Gasteiger partial charge in [0.05, 0.1) is 11.0 Å². The number of rotatable bonds is 3. The molecule has 0 unspecified atom stereocenters. The number of nitrogens with one attached hydrogen (secondary N) is 1. The number of aromatic nitrogens is 1. The van der Waals surface area contributed by atoms with E-state index in [1.807, 2.05) is 17.4 Å². The van der Waals surface area contributed by atoms with E-state index in [9.17, 15) is 0 Å². The lowest BCUT2D eigenvalue weighted by molar-refractivity contribution is 1.55. The van der Waals surface area contributed by atoms with Crippen molar-refractivity contribution in [1.29, 1.82) is 0 Å². The zero-order chi connectivity index (χ0) is 23.5. The van der Waals surface area contributed by atoms with Gasteiger partial charge in [0.15, 0.2) is 0 Å². The van der Waals surface area contributed by atoms with Gasteiger partial charge in [0, 0.05) is 47.5 Å². The fourth-order valence-corrected chi connectivity index (χ4v) is 6.89. The van der Waals surface area contributed by atoms with Crippen molar-refractivity contribution in [3.8, 4) is 11.1 Å². The normalized spacial score (nSPS) is 12.1. The van der Waals surface area contributed by atoms with Crippen molar-refractivity contribution in [3.63, 3.8) is 0 Å². The molecule has 1 nitrogen and oxygen atoms in total. The molecule has 7 aromatic rings. The number of aromatic amines is 1. The fraction of sp³-hybridized carbons (Fsp3) is 0.0303. The summed E-state index contributed by atoms with van der Waals surface area (Å²) in [6, 6.07) is 30.7. The van der Waals surface area contributed by atoms with Crippen LogP contribution in [0.25, 0.3) is 76.0 Å². The first kappa shape index (κ1) is 20.3. The van der Waals surface area contributed by atoms with Gasteiger partial charge in [0.2, 0.25) is 0 Å². The van der Waals surface area contributed by atoms with E-state index in [1.165, 1.54) is 75.0 Å². The summed E-state index contributed by atoms with van der Waals surface area (Å²) in [6.45, 7) is 6.29. The molecule has 7 rings (SSSR count). The van der Waals surface area contributed by atoms with Gasteiger partial charge in [-0.25, -0.2) is 0 Å². The maximum atomic E-state index is 4.22. The van der Waals surface area contributed by atoms with Gasteiger partial charge in [-0.2, -0.15) is 0 Å². The molecule has 35 heavy (non-hydrogen) atoms. The lowest BCUT2D eigenvalue weighted by atomic mass is 9.92. The highest BCUT2D eigenvalue weighted by atomic mass is 32.1. The Morgan fingerprint density at radius 1 is 0.657 bits per heavy atom. The zero-order valence-corrected chi connectivity index (χ0v) is 20.2. The topological polar surface area (TPSA) is 15.8 Å². The minimum absolute atomic E-state index is 1.18. The van der Waals surface area contributed by atoms with E-state index in [2.05, 4.69) is 116 Å². The first-order valence-electron chi connectivity index (χ1n) is 11.9. The standard InChI is InChI=1S/C33H23NS/c1-3-11-21-20(4-2)30-28-18-9-15-25(31(28)34-32(30)24-14-6-5-12-22(21)24)27-17-10-16-26-23-13-7-8-19-29(23)35-33(26)27/h3-19,34H,2H2,1H3/b11-3-. The molecule has 0 aliphatic heterocycles. The van der Waals surface area contributed by atoms with Crippen molar-refractivity contribution < 1.29 is 0 Å². The quantitative estimate of drug-likeness (QED) is 0.267. The van der Waals surface area contributed by atoms with Gasteiger partial charge in [0.25, 0.3) is 0 Å². The highest BCUT2D eigenvalue weighted by Crippen LogP contribution is 2.44. The van der Waals surface area contributed by atoms with E-state index in [1.54, 1.807) is 0 Å². The van der Waals surface area contributed by atoms with Crippen LogP contribution in [0.1, 0.15) is 18.1 Å². The van der Waals surface area contributed by atoms with Crippen LogP contribution < -0.4 is 0 Å². The molecule has 2 aromatic heterocycles. The van der Waals surface area contributed by atoms with Crippen LogP contribution in [-0.4, -0.2) is 4.98 Å². The third-order valence-corrected chi connectivity index (χ3v) is 8.33. The van der Waals surface area contributed by atoms with Crippen molar-refractivity contribution >= 4 is 76.2 Å². The van der Waals surface area contributed by atoms with E-state index in [-0.39, 0.29) is 0 Å². The predicted molar refractivity (Wildman–Crippen MR) is 156 cm³/mol. The maximum Gasteiger partial charge on any atom is 0.0551 e. The minimum atomic E-state index is 1.18. The van der Waals surface area contributed by atoms with Gasteiger partial charge in [0.1, 0.15) is 0 Å². The van der Waals surface area contributed by atoms with E-state index in [4.69, 9.17) is 0 Å². The Hall–Kier alpha value is -4.14. The monoisotopic (exact) mass is 465 g/mol. The van der Waals surface area contributed by atoms with Gasteiger partial charge in [-0.1, -0.05) is 104 Å². The first-order valence-corrected chi connectivity index (χ1v) is 12.8. The molecular formula is C33H23NS. The summed E-state index contributed by atoms with van der Waals surface area (Å²) in [4.78, 5) is 3.86. The zero-order valence-electron chi connectivity index (χ0n) is 19.4. The van der Waals surface area contributed by atoms with Crippen molar-refractivity contribution in [3.05, 3.63) is 109 Å². The summed E-state index contributed by atoms with van der Waals surface area (Å²) >= 11 is 1.88. The van der Waals surface area contributed by atoms with Gasteiger partial charge >= 0.3 is 0 Å². The summed E-state index contributed by atoms with van der Waals surface area (Å²) in [5, 5.41) is 7.61. The van der Waals surface area contributed by atoms with Crippen molar-refractivity contribution in [2.45, 2.75) is 6.92 Å². The molecule has 2 heterocycles. The smallest absolute Gasteiger partial charge is 0.0551 e. The Balaban J connectivity index is 1.65. The maximum absolute atomic E-state index is 4.22. The van der Waals surface area contributed by atoms with E-state index in [0.717, 1.165) is 0 Å². The number of fused-ring (bicyclic) bond motifs is 8. The van der Waals surface area contributed by atoms with Crippen LogP contribution in [0.15, 0.2) is 97.6 Å². The summed E-state index contributed by atoms with van der Waals surface area (Å²) in [5.41, 5.74) is 7.28. The van der Waals surface area contributed by atoms with Crippen molar-refractivity contribution in [2.75, 3.05) is 0 Å². The Labute approximate surface area is 207 Å². The largest absolute Gasteiger partial charge is 0.353 e. The third kappa shape index (κ3) is 2.81. The Bertz CT molecular complexity index is 1980. The number of hydrogen-bond acceptors (Lipinski definition) is 1. The van der Waals surface area contributed by atoms with Crippen LogP contribution in [0.2, 0.25) is 0 Å². The Morgan fingerprint density at radius 2 is 1.34 bits per heavy atom. The van der Waals surface area contributed by atoms with Crippen molar-refractivity contribution in [1.82, 2.24) is 4.98 Å². The molecule has 0 saturated carbocycles. The lowest BCUT2D eigenvalue weighted by Gasteiger charge is -2.10. The van der Waals surface area contributed by atoms with Crippen molar-refractivity contribution in [2.24, 2.45) is 0 Å². The second-order valence-electron chi connectivity index (χ2n) is 8.96. The predicted octanol–water partition coefficient (Wildman–Crippen LogP) is 10.2. The summed E-state index contributed by atoms with van der Waals surface area (Å²) in [7, 11) is 0. The van der Waals surface area contributed by atoms with Crippen LogP contribution in [0, 0.1) is 0 Å². The third-order valence-electron chi connectivity index (χ3n) is 7.11. The molecule has 0 fully saturated rings. The molecule has 166 valence electrons. The van der Waals surface area contributed by atoms with Crippen LogP contribution >= 0.6 is 11.3 Å². The average molecular weight is 466 g/mol. The lowest BCUT2D eigenvalue weighted by Crippen LogP contribution is -1.87. The molecule has 0 spiro atoms.